The molecule has 2 aromatic heterocycles. The van der Waals surface area contributed by atoms with Crippen molar-refractivity contribution in [3.8, 4) is 0 Å². The highest BCUT2D eigenvalue weighted by atomic mass is 16.4. The highest BCUT2D eigenvalue weighted by Crippen LogP contribution is 2.12. The second-order valence-electron chi connectivity index (χ2n) is 3.21. The molecule has 0 fully saturated rings. The Bertz CT molecular complexity index is 525. The van der Waals surface area contributed by atoms with Gasteiger partial charge in [0.1, 0.15) is 5.52 Å². The summed E-state index contributed by atoms with van der Waals surface area (Å²) in [5.74, 6) is -0.918. The molecule has 0 saturated heterocycles. The van der Waals surface area contributed by atoms with Crippen LogP contribution in [0.4, 0.5) is 0 Å². The lowest BCUT2D eigenvalue weighted by molar-refractivity contribution is -0.136. The minimum absolute atomic E-state index is 0.129. The number of rotatable bonds is 2. The lowest BCUT2D eigenvalue weighted by Gasteiger charge is -2.02. The van der Waals surface area contributed by atoms with E-state index in [1.807, 2.05) is 6.92 Å². The number of nitrogens with zero attached hydrogens (tertiary/aromatic N) is 3. The van der Waals surface area contributed by atoms with Crippen LogP contribution >= 0.6 is 0 Å². The molecule has 2 heterocycles. The Morgan fingerprint density at radius 3 is 3.00 bits per heavy atom. The van der Waals surface area contributed by atoms with Gasteiger partial charge in [-0.05, 0) is 13.0 Å². The predicted molar refractivity (Wildman–Crippen MR) is 53.4 cm³/mol. The first kappa shape index (κ1) is 9.51. The van der Waals surface area contributed by atoms with Crippen LogP contribution in [-0.4, -0.2) is 26.0 Å². The zero-order valence-corrected chi connectivity index (χ0v) is 8.14. The van der Waals surface area contributed by atoms with E-state index < -0.39 is 5.97 Å². The third kappa shape index (κ3) is 1.90. The van der Waals surface area contributed by atoms with Crippen LogP contribution in [0, 0.1) is 6.92 Å². The Morgan fingerprint density at radius 1 is 1.47 bits per heavy atom. The Hall–Kier alpha value is -2.04. The molecule has 0 aromatic carbocycles. The molecule has 0 bridgehead atoms. The summed E-state index contributed by atoms with van der Waals surface area (Å²) < 4.78 is 0. The number of pyridine rings is 1. The van der Waals surface area contributed by atoms with E-state index in [0.717, 1.165) is 5.69 Å². The maximum atomic E-state index is 10.6. The molecule has 5 nitrogen and oxygen atoms in total. The lowest BCUT2D eigenvalue weighted by atomic mass is 10.2. The third-order valence-corrected chi connectivity index (χ3v) is 1.98. The summed E-state index contributed by atoms with van der Waals surface area (Å²) in [5.41, 5.74) is 2.45. The van der Waals surface area contributed by atoms with Gasteiger partial charge in [-0.2, -0.15) is 0 Å². The number of fused-ring (bicyclic) bond motifs is 1. The normalized spacial score (nSPS) is 10.5. The summed E-state index contributed by atoms with van der Waals surface area (Å²) in [7, 11) is 0. The summed E-state index contributed by atoms with van der Waals surface area (Å²) >= 11 is 0. The number of aryl methyl sites for hydroxylation is 1. The molecule has 0 amide bonds. The zero-order chi connectivity index (χ0) is 10.8. The number of aliphatic carboxylic acids is 1. The Labute approximate surface area is 85.8 Å². The number of carboxylic acids is 1. The van der Waals surface area contributed by atoms with Gasteiger partial charge in [0, 0.05) is 12.4 Å². The van der Waals surface area contributed by atoms with Crippen LogP contribution in [0.25, 0.3) is 11.0 Å². The van der Waals surface area contributed by atoms with Crippen molar-refractivity contribution in [1.82, 2.24) is 15.0 Å². The van der Waals surface area contributed by atoms with Crippen molar-refractivity contribution in [3.05, 3.63) is 29.8 Å². The highest BCUT2D eigenvalue weighted by Gasteiger charge is 2.08. The Morgan fingerprint density at radius 2 is 2.27 bits per heavy atom. The molecule has 0 unspecified atom stereocenters. The monoisotopic (exact) mass is 203 g/mol. The van der Waals surface area contributed by atoms with Crippen molar-refractivity contribution < 1.29 is 9.90 Å². The highest BCUT2D eigenvalue weighted by molar-refractivity contribution is 5.81. The van der Waals surface area contributed by atoms with Gasteiger partial charge in [0.25, 0.3) is 0 Å². The van der Waals surface area contributed by atoms with Crippen LogP contribution in [-0.2, 0) is 11.2 Å². The van der Waals surface area contributed by atoms with Gasteiger partial charge in [0.05, 0.1) is 23.3 Å². The second-order valence-corrected chi connectivity index (χ2v) is 3.21. The van der Waals surface area contributed by atoms with Crippen LogP contribution in [0.1, 0.15) is 11.4 Å². The number of carbonyl (C=O) groups is 1. The average Bonchev–Trinajstić information content (AvgIpc) is 2.18. The maximum Gasteiger partial charge on any atom is 0.309 e. The summed E-state index contributed by atoms with van der Waals surface area (Å²) in [6, 6.07) is 1.72. The minimum Gasteiger partial charge on any atom is -0.481 e. The van der Waals surface area contributed by atoms with Crippen molar-refractivity contribution in [2.24, 2.45) is 0 Å². The maximum absolute atomic E-state index is 10.6. The SMILES string of the molecule is Cc1cnc2ccnc(CC(=O)O)c2n1. The van der Waals surface area contributed by atoms with Gasteiger partial charge in [0.2, 0.25) is 0 Å². The summed E-state index contributed by atoms with van der Waals surface area (Å²) in [5, 5.41) is 8.71. The smallest absolute Gasteiger partial charge is 0.309 e. The molecule has 2 aromatic rings. The van der Waals surface area contributed by atoms with Crippen LogP contribution < -0.4 is 0 Å². The van der Waals surface area contributed by atoms with Crippen molar-refractivity contribution in [2.45, 2.75) is 13.3 Å². The van der Waals surface area contributed by atoms with Gasteiger partial charge in [-0.15, -0.1) is 0 Å². The number of hydrogen-bond acceptors (Lipinski definition) is 4. The van der Waals surface area contributed by atoms with E-state index in [9.17, 15) is 4.79 Å². The summed E-state index contributed by atoms with van der Waals surface area (Å²) in [4.78, 5) is 23.0. The molecule has 0 atom stereocenters. The molecule has 5 heteroatoms. The summed E-state index contributed by atoms with van der Waals surface area (Å²) in [6.45, 7) is 1.81. The van der Waals surface area contributed by atoms with Gasteiger partial charge in [-0.25, -0.2) is 4.98 Å². The van der Waals surface area contributed by atoms with Crippen molar-refractivity contribution >= 4 is 17.0 Å². The fourth-order valence-corrected chi connectivity index (χ4v) is 1.35. The van der Waals surface area contributed by atoms with Gasteiger partial charge in [0.15, 0.2) is 0 Å². The summed E-state index contributed by atoms with van der Waals surface area (Å²) in [6.07, 6.45) is 3.06. The molecule has 0 aliphatic rings. The molecular weight excluding hydrogens is 194 g/mol. The van der Waals surface area contributed by atoms with Crippen molar-refractivity contribution in [1.29, 1.82) is 0 Å². The van der Waals surface area contributed by atoms with Crippen molar-refractivity contribution in [3.63, 3.8) is 0 Å². The molecule has 76 valence electrons. The van der Waals surface area contributed by atoms with Crippen LogP contribution in [0.3, 0.4) is 0 Å². The Kier molecular flexibility index (Phi) is 2.29. The molecule has 0 spiro atoms. The second kappa shape index (κ2) is 3.61. The lowest BCUT2D eigenvalue weighted by Crippen LogP contribution is -2.04. The first-order valence-corrected chi connectivity index (χ1v) is 4.46. The first-order chi connectivity index (χ1) is 7.16. The standard InChI is InChI=1S/C10H9N3O2/c1-6-5-12-7-2-3-11-8(4-9(14)15)10(7)13-6/h2-3,5H,4H2,1H3,(H,14,15). The van der Waals surface area contributed by atoms with Crippen LogP contribution in [0.5, 0.6) is 0 Å². The molecule has 0 radical (unpaired) electrons. The van der Waals surface area contributed by atoms with Crippen LogP contribution in [0.15, 0.2) is 18.5 Å². The van der Waals surface area contributed by atoms with E-state index in [0.29, 0.717) is 16.7 Å². The van der Waals surface area contributed by atoms with E-state index in [-0.39, 0.29) is 6.42 Å². The molecular formula is C10H9N3O2. The minimum atomic E-state index is -0.918. The van der Waals surface area contributed by atoms with E-state index in [4.69, 9.17) is 5.11 Å². The number of carboxylic acid groups (broad SMARTS) is 1. The molecule has 0 aliphatic carbocycles. The fraction of sp³-hybridized carbons (Fsp3) is 0.200. The van der Waals surface area contributed by atoms with E-state index >= 15 is 0 Å². The molecule has 1 N–H and O–H groups in total. The predicted octanol–water partition coefficient (Wildman–Crippen LogP) is 0.960. The number of hydrogen-bond donors (Lipinski definition) is 1. The quantitative estimate of drug-likeness (QED) is 0.786. The van der Waals surface area contributed by atoms with Gasteiger partial charge in [-0.1, -0.05) is 0 Å². The molecule has 0 saturated carbocycles. The van der Waals surface area contributed by atoms with E-state index in [1.165, 1.54) is 0 Å². The molecule has 0 aliphatic heterocycles. The van der Waals surface area contributed by atoms with Gasteiger partial charge >= 0.3 is 5.97 Å². The molecule has 15 heavy (non-hydrogen) atoms. The molecule has 2 rings (SSSR count). The van der Waals surface area contributed by atoms with Gasteiger partial charge in [-0.3, -0.25) is 14.8 Å². The number of aromatic nitrogens is 3. The van der Waals surface area contributed by atoms with Crippen molar-refractivity contribution in [2.75, 3.05) is 0 Å². The fourth-order valence-electron chi connectivity index (χ4n) is 1.35. The topological polar surface area (TPSA) is 76.0 Å². The van der Waals surface area contributed by atoms with Gasteiger partial charge < -0.3 is 5.11 Å². The third-order valence-electron chi connectivity index (χ3n) is 1.98. The van der Waals surface area contributed by atoms with E-state index in [2.05, 4.69) is 15.0 Å². The van der Waals surface area contributed by atoms with Crippen LogP contribution in [0.2, 0.25) is 0 Å². The first-order valence-electron chi connectivity index (χ1n) is 4.46. The van der Waals surface area contributed by atoms with E-state index in [1.54, 1.807) is 18.5 Å². The largest absolute Gasteiger partial charge is 0.481 e. The average molecular weight is 203 g/mol. The Balaban J connectivity index is 2.63. The zero-order valence-electron chi connectivity index (χ0n) is 8.14.